The number of primary sulfonamides is 1. The van der Waals surface area contributed by atoms with E-state index >= 15 is 0 Å². The number of hydrogen-bond acceptors (Lipinski definition) is 6. The van der Waals surface area contributed by atoms with Gasteiger partial charge in [0.25, 0.3) is 5.91 Å². The highest BCUT2D eigenvalue weighted by molar-refractivity contribution is 7.88. The summed E-state index contributed by atoms with van der Waals surface area (Å²) in [4.78, 5) is 19.7. The van der Waals surface area contributed by atoms with Gasteiger partial charge in [0.1, 0.15) is 11.3 Å². The maximum Gasteiger partial charge on any atom is 0.262 e. The number of carbonyl (C=O) groups excluding carboxylic acids is 1. The molecule has 0 bridgehead atoms. The van der Waals surface area contributed by atoms with Gasteiger partial charge in [-0.3, -0.25) is 9.78 Å². The summed E-state index contributed by atoms with van der Waals surface area (Å²) in [5.41, 5.74) is 3.82. The van der Waals surface area contributed by atoms with Gasteiger partial charge in [-0.05, 0) is 50.1 Å². The highest BCUT2D eigenvalue weighted by atomic mass is 32.2. The summed E-state index contributed by atoms with van der Waals surface area (Å²) in [5.74, 6) is 0.618. The van der Waals surface area contributed by atoms with Crippen LogP contribution in [0.4, 0.5) is 5.69 Å². The van der Waals surface area contributed by atoms with Crippen LogP contribution in [0, 0.1) is 6.92 Å². The van der Waals surface area contributed by atoms with Gasteiger partial charge in [-0.25, -0.2) is 13.6 Å². The van der Waals surface area contributed by atoms with Crippen molar-refractivity contribution in [1.82, 2.24) is 4.98 Å². The zero-order valence-corrected chi connectivity index (χ0v) is 19.0. The highest BCUT2D eigenvalue weighted by Crippen LogP contribution is 2.45. The van der Waals surface area contributed by atoms with E-state index in [0.29, 0.717) is 53.6 Å². The van der Waals surface area contributed by atoms with Crippen LogP contribution >= 0.6 is 0 Å². The van der Waals surface area contributed by atoms with Crippen LogP contribution in [0.25, 0.3) is 10.9 Å². The highest BCUT2D eigenvalue weighted by Gasteiger charge is 2.37. The number of pyridine rings is 1. The number of rotatable bonds is 7. The van der Waals surface area contributed by atoms with E-state index in [0.717, 1.165) is 16.5 Å². The predicted octanol–water partition coefficient (Wildman–Crippen LogP) is 3.29. The second-order valence-electron chi connectivity index (χ2n) is 7.60. The lowest BCUT2D eigenvalue weighted by Crippen LogP contribution is -2.24. The molecule has 32 heavy (non-hydrogen) atoms. The maximum atomic E-state index is 13.6. The summed E-state index contributed by atoms with van der Waals surface area (Å²) < 4.78 is 34.8. The van der Waals surface area contributed by atoms with E-state index in [1.807, 2.05) is 32.9 Å². The largest absolute Gasteiger partial charge is 0.493 e. The number of hydrogen-bond donors (Lipinski definition) is 1. The molecule has 1 amide bonds. The van der Waals surface area contributed by atoms with Crippen molar-refractivity contribution in [2.24, 2.45) is 5.14 Å². The molecular formula is C23H25N3O5S. The fraction of sp³-hybridized carbons (Fsp3) is 0.304. The second kappa shape index (κ2) is 8.40. The van der Waals surface area contributed by atoms with E-state index in [1.54, 1.807) is 29.3 Å². The summed E-state index contributed by atoms with van der Waals surface area (Å²) in [7, 11) is -3.65. The average Bonchev–Trinajstić information content (AvgIpc) is 3.06. The summed E-state index contributed by atoms with van der Waals surface area (Å²) in [6.07, 6.45) is 1.67. The molecule has 2 aromatic carbocycles. The summed E-state index contributed by atoms with van der Waals surface area (Å²) in [6, 6.07) is 8.90. The van der Waals surface area contributed by atoms with Crippen LogP contribution in [0.3, 0.4) is 0 Å². The van der Waals surface area contributed by atoms with Crippen LogP contribution in [-0.2, 0) is 22.3 Å². The molecular weight excluding hydrogens is 430 g/mol. The van der Waals surface area contributed by atoms with Gasteiger partial charge < -0.3 is 14.4 Å². The van der Waals surface area contributed by atoms with Gasteiger partial charge in [-0.1, -0.05) is 12.1 Å². The molecule has 0 atom stereocenters. The van der Waals surface area contributed by atoms with Gasteiger partial charge >= 0.3 is 0 Å². The van der Waals surface area contributed by atoms with E-state index in [2.05, 4.69) is 4.98 Å². The molecule has 2 heterocycles. The minimum Gasteiger partial charge on any atom is -0.493 e. The monoisotopic (exact) mass is 455 g/mol. The molecule has 1 aliphatic heterocycles. The first-order valence-electron chi connectivity index (χ1n) is 10.4. The smallest absolute Gasteiger partial charge is 0.262 e. The predicted molar refractivity (Wildman–Crippen MR) is 123 cm³/mol. The van der Waals surface area contributed by atoms with Crippen molar-refractivity contribution in [2.45, 2.75) is 33.1 Å². The van der Waals surface area contributed by atoms with E-state index in [-0.39, 0.29) is 11.7 Å². The van der Waals surface area contributed by atoms with Gasteiger partial charge in [-0.2, -0.15) is 0 Å². The Hall–Kier alpha value is -3.17. The van der Waals surface area contributed by atoms with Crippen molar-refractivity contribution in [1.29, 1.82) is 0 Å². The molecule has 0 unspecified atom stereocenters. The minimum absolute atomic E-state index is 0.209. The maximum absolute atomic E-state index is 13.6. The first-order chi connectivity index (χ1) is 15.2. The number of benzene rings is 2. The number of sulfonamides is 1. The SMILES string of the molecule is CCOc1c2c(c(OCC)c3ncccc13)C(=O)N(c1ccc(CS(N)(=O)=O)cc1C)C2. The molecule has 2 N–H and O–H groups in total. The van der Waals surface area contributed by atoms with Crippen LogP contribution in [0.1, 0.15) is 40.9 Å². The van der Waals surface area contributed by atoms with Crippen LogP contribution in [0.5, 0.6) is 11.5 Å². The number of ether oxygens (including phenoxy) is 2. The van der Waals surface area contributed by atoms with Gasteiger partial charge in [-0.15, -0.1) is 0 Å². The Bertz CT molecular complexity index is 1320. The van der Waals surface area contributed by atoms with Gasteiger partial charge in [0.15, 0.2) is 5.75 Å². The normalized spacial score (nSPS) is 13.5. The molecule has 0 radical (unpaired) electrons. The lowest BCUT2D eigenvalue weighted by Gasteiger charge is -2.19. The third kappa shape index (κ3) is 3.89. The number of amides is 1. The molecule has 0 spiro atoms. The zero-order valence-electron chi connectivity index (χ0n) is 18.2. The van der Waals surface area contributed by atoms with Crippen molar-refractivity contribution in [2.75, 3.05) is 18.1 Å². The van der Waals surface area contributed by atoms with Gasteiger partial charge in [0.2, 0.25) is 10.0 Å². The van der Waals surface area contributed by atoms with E-state index < -0.39 is 10.0 Å². The average molecular weight is 456 g/mol. The quantitative estimate of drug-likeness (QED) is 0.585. The first kappa shape index (κ1) is 22.0. The summed E-state index contributed by atoms with van der Waals surface area (Å²) in [5, 5.41) is 5.97. The van der Waals surface area contributed by atoms with E-state index in [4.69, 9.17) is 14.6 Å². The first-order valence-corrected chi connectivity index (χ1v) is 12.1. The number of aromatic nitrogens is 1. The van der Waals surface area contributed by atoms with Crippen molar-refractivity contribution in [3.05, 3.63) is 58.8 Å². The number of fused-ring (bicyclic) bond motifs is 2. The van der Waals surface area contributed by atoms with Crippen LogP contribution < -0.4 is 19.5 Å². The van der Waals surface area contributed by atoms with Crippen molar-refractivity contribution >= 4 is 32.5 Å². The minimum atomic E-state index is -3.65. The van der Waals surface area contributed by atoms with Gasteiger partial charge in [0.05, 0.1) is 31.1 Å². The molecule has 3 aromatic rings. The molecule has 9 heteroatoms. The molecule has 4 rings (SSSR count). The molecule has 168 valence electrons. The third-order valence-electron chi connectivity index (χ3n) is 5.34. The number of aryl methyl sites for hydroxylation is 1. The molecule has 0 saturated carbocycles. The molecule has 0 fully saturated rings. The Morgan fingerprint density at radius 3 is 2.50 bits per heavy atom. The van der Waals surface area contributed by atoms with Crippen molar-refractivity contribution < 1.29 is 22.7 Å². The Morgan fingerprint density at radius 1 is 1.12 bits per heavy atom. The van der Waals surface area contributed by atoms with Gasteiger partial charge in [0, 0.05) is 22.8 Å². The number of carbonyl (C=O) groups is 1. The number of nitrogens with two attached hydrogens (primary N) is 1. The summed E-state index contributed by atoms with van der Waals surface area (Å²) >= 11 is 0. The zero-order chi connectivity index (χ0) is 23.0. The third-order valence-corrected chi connectivity index (χ3v) is 6.08. The van der Waals surface area contributed by atoms with Crippen LogP contribution in [-0.4, -0.2) is 32.5 Å². The van der Waals surface area contributed by atoms with Crippen molar-refractivity contribution in [3.63, 3.8) is 0 Å². The Kier molecular flexibility index (Phi) is 5.79. The fourth-order valence-electron chi connectivity index (χ4n) is 4.17. The molecule has 0 aliphatic carbocycles. The Morgan fingerprint density at radius 2 is 1.84 bits per heavy atom. The van der Waals surface area contributed by atoms with Crippen molar-refractivity contribution in [3.8, 4) is 11.5 Å². The lowest BCUT2D eigenvalue weighted by molar-refractivity contribution is 0.0993. The fourth-order valence-corrected chi connectivity index (χ4v) is 4.82. The molecule has 0 saturated heterocycles. The topological polar surface area (TPSA) is 112 Å². The van der Waals surface area contributed by atoms with E-state index in [9.17, 15) is 13.2 Å². The standard InChI is InChI=1S/C23H25N3O5S/c1-4-30-21-16-7-6-10-25-20(16)22(31-5-2)19-17(21)12-26(23(19)27)18-9-8-15(11-14(18)3)13-32(24,28)29/h6-11H,4-5,12-13H2,1-3H3,(H2,24,28,29). The van der Waals surface area contributed by atoms with E-state index in [1.165, 1.54) is 0 Å². The summed E-state index contributed by atoms with van der Waals surface area (Å²) in [6.45, 7) is 6.74. The molecule has 8 nitrogen and oxygen atoms in total. The lowest BCUT2D eigenvalue weighted by atomic mass is 10.0. The number of nitrogens with zero attached hydrogens (tertiary/aromatic N) is 2. The molecule has 1 aliphatic rings. The Balaban J connectivity index is 1.85. The number of anilines is 1. The Labute approximate surface area is 187 Å². The van der Waals surface area contributed by atoms with Crippen LogP contribution in [0.15, 0.2) is 36.5 Å². The second-order valence-corrected chi connectivity index (χ2v) is 9.21. The molecule has 1 aromatic heterocycles. The van der Waals surface area contributed by atoms with Crippen LogP contribution in [0.2, 0.25) is 0 Å².